The summed E-state index contributed by atoms with van der Waals surface area (Å²) in [5, 5.41) is 19.6. The number of carboxylic acid groups (broad SMARTS) is 1. The molecular formula is C14H14N2O6. The second-order valence-electron chi connectivity index (χ2n) is 5.57. The summed E-state index contributed by atoms with van der Waals surface area (Å²) in [5.41, 5.74) is 0.164. The fourth-order valence-electron chi connectivity index (χ4n) is 3.21. The van der Waals surface area contributed by atoms with Gasteiger partial charge in [-0.05, 0) is 18.6 Å². The van der Waals surface area contributed by atoms with Crippen molar-refractivity contribution in [3.05, 3.63) is 39.9 Å². The lowest BCUT2D eigenvalue weighted by atomic mass is 10.1. The van der Waals surface area contributed by atoms with Crippen LogP contribution in [0.1, 0.15) is 23.2 Å². The van der Waals surface area contributed by atoms with Crippen molar-refractivity contribution < 1.29 is 24.4 Å². The Labute approximate surface area is 125 Å². The number of piperidine rings is 1. The highest BCUT2D eigenvalue weighted by Gasteiger charge is 2.48. The average molecular weight is 306 g/mol. The van der Waals surface area contributed by atoms with Crippen LogP contribution in [-0.4, -0.2) is 45.7 Å². The number of likely N-dealkylation sites (tertiary alicyclic amines) is 1. The van der Waals surface area contributed by atoms with E-state index >= 15 is 0 Å². The normalized spacial score (nSPS) is 26.0. The Bertz CT molecular complexity index is 629. The Kier molecular flexibility index (Phi) is 3.44. The van der Waals surface area contributed by atoms with E-state index in [1.165, 1.54) is 29.2 Å². The number of amides is 1. The number of non-ortho nitro benzene ring substituents is 1. The van der Waals surface area contributed by atoms with Gasteiger partial charge in [-0.2, -0.15) is 0 Å². The van der Waals surface area contributed by atoms with E-state index in [2.05, 4.69) is 0 Å². The van der Waals surface area contributed by atoms with Crippen LogP contribution in [-0.2, 0) is 4.74 Å². The quantitative estimate of drug-likeness (QED) is 0.518. The fraction of sp³-hybridized carbons (Fsp3) is 0.429. The smallest absolute Gasteiger partial charge is 0.407 e. The van der Waals surface area contributed by atoms with E-state index < -0.39 is 17.0 Å². The van der Waals surface area contributed by atoms with Crippen molar-refractivity contribution in [2.24, 2.45) is 5.92 Å². The maximum absolute atomic E-state index is 12.1. The van der Waals surface area contributed by atoms with Crippen molar-refractivity contribution in [1.82, 2.24) is 4.90 Å². The first kappa shape index (κ1) is 14.3. The first-order valence-corrected chi connectivity index (χ1v) is 6.90. The third-order valence-corrected chi connectivity index (χ3v) is 4.29. The molecule has 3 rings (SSSR count). The molecule has 1 N–H and O–H groups in total. The largest absolute Gasteiger partial charge is 0.465 e. The molecule has 1 saturated carbocycles. The summed E-state index contributed by atoms with van der Waals surface area (Å²) < 4.78 is 5.43. The summed E-state index contributed by atoms with van der Waals surface area (Å²) in [7, 11) is 0. The molecule has 1 saturated heterocycles. The van der Waals surface area contributed by atoms with Gasteiger partial charge in [-0.15, -0.1) is 0 Å². The van der Waals surface area contributed by atoms with Gasteiger partial charge in [0.1, 0.15) is 6.10 Å². The number of esters is 1. The molecule has 0 aromatic heterocycles. The molecule has 3 atom stereocenters. The van der Waals surface area contributed by atoms with E-state index in [4.69, 9.17) is 9.84 Å². The predicted molar refractivity (Wildman–Crippen MR) is 73.5 cm³/mol. The van der Waals surface area contributed by atoms with E-state index in [-0.39, 0.29) is 29.3 Å². The second-order valence-corrected chi connectivity index (χ2v) is 5.57. The van der Waals surface area contributed by atoms with Gasteiger partial charge in [-0.3, -0.25) is 10.1 Å². The van der Waals surface area contributed by atoms with E-state index in [0.29, 0.717) is 19.4 Å². The van der Waals surface area contributed by atoms with Crippen molar-refractivity contribution in [2.45, 2.75) is 25.0 Å². The summed E-state index contributed by atoms with van der Waals surface area (Å²) in [4.78, 5) is 34.5. The number of nitro benzene ring substituents is 1. The summed E-state index contributed by atoms with van der Waals surface area (Å²) in [5.74, 6) is -0.502. The summed E-state index contributed by atoms with van der Waals surface area (Å²) in [6.07, 6.45) is -0.00357. The number of hydrogen-bond acceptors (Lipinski definition) is 5. The molecule has 1 aromatic rings. The zero-order valence-corrected chi connectivity index (χ0v) is 11.5. The molecule has 1 heterocycles. The number of carbonyl (C=O) groups is 2. The van der Waals surface area contributed by atoms with Crippen LogP contribution < -0.4 is 0 Å². The van der Waals surface area contributed by atoms with E-state index in [1.807, 2.05) is 0 Å². The zero-order valence-electron chi connectivity index (χ0n) is 11.5. The van der Waals surface area contributed by atoms with Gasteiger partial charge in [-0.1, -0.05) is 0 Å². The number of nitrogens with zero attached hydrogens (tertiary/aromatic N) is 2. The maximum atomic E-state index is 12.1. The molecule has 1 amide bonds. The molecule has 2 bridgehead atoms. The van der Waals surface area contributed by atoms with Crippen LogP contribution in [0.5, 0.6) is 0 Å². The molecule has 8 nitrogen and oxygen atoms in total. The molecule has 116 valence electrons. The van der Waals surface area contributed by atoms with Gasteiger partial charge < -0.3 is 14.7 Å². The van der Waals surface area contributed by atoms with Crippen LogP contribution in [0.15, 0.2) is 24.3 Å². The lowest BCUT2D eigenvalue weighted by Crippen LogP contribution is -2.42. The molecule has 0 unspecified atom stereocenters. The molecule has 0 radical (unpaired) electrons. The first-order chi connectivity index (χ1) is 10.5. The summed E-state index contributed by atoms with van der Waals surface area (Å²) in [6, 6.07) is 5.14. The standard InChI is InChI=1S/C14H14N2O6/c17-13(8-1-3-10(4-2-8)16(20)21)22-12-6-11-5-9(12)7-15(11)14(18)19/h1-4,9,11-12H,5-7H2,(H,18,19)/t9-,11-,12-/m1/s1. The number of nitro groups is 1. The van der Waals surface area contributed by atoms with E-state index in [0.717, 1.165) is 0 Å². The van der Waals surface area contributed by atoms with Gasteiger partial charge in [0.05, 0.1) is 10.5 Å². The number of fused-ring (bicyclic) bond motifs is 2. The predicted octanol–water partition coefficient (Wildman–Crippen LogP) is 1.89. The Morgan fingerprint density at radius 2 is 1.95 bits per heavy atom. The van der Waals surface area contributed by atoms with Gasteiger partial charge in [-0.25, -0.2) is 9.59 Å². The van der Waals surface area contributed by atoms with Crippen LogP contribution in [0.3, 0.4) is 0 Å². The fourth-order valence-corrected chi connectivity index (χ4v) is 3.21. The van der Waals surface area contributed by atoms with Crippen molar-refractivity contribution in [3.63, 3.8) is 0 Å². The Morgan fingerprint density at radius 3 is 2.45 bits per heavy atom. The lowest BCUT2D eigenvalue weighted by Gasteiger charge is -2.29. The molecule has 2 aliphatic rings. The van der Waals surface area contributed by atoms with Gasteiger partial charge in [0.2, 0.25) is 0 Å². The van der Waals surface area contributed by atoms with Gasteiger partial charge in [0.25, 0.3) is 5.69 Å². The average Bonchev–Trinajstić information content (AvgIpc) is 3.07. The number of benzene rings is 1. The molecular weight excluding hydrogens is 292 g/mol. The van der Waals surface area contributed by atoms with Crippen molar-refractivity contribution in [2.75, 3.05) is 6.54 Å². The van der Waals surface area contributed by atoms with Gasteiger partial charge in [0, 0.05) is 37.1 Å². The topological polar surface area (TPSA) is 110 Å². The maximum Gasteiger partial charge on any atom is 0.407 e. The lowest BCUT2D eigenvalue weighted by molar-refractivity contribution is -0.384. The molecule has 1 aliphatic heterocycles. The Morgan fingerprint density at radius 1 is 1.27 bits per heavy atom. The summed E-state index contributed by atoms with van der Waals surface area (Å²) in [6.45, 7) is 0.387. The Hall–Kier alpha value is -2.64. The van der Waals surface area contributed by atoms with E-state index in [9.17, 15) is 19.7 Å². The monoisotopic (exact) mass is 306 g/mol. The van der Waals surface area contributed by atoms with Crippen LogP contribution in [0.4, 0.5) is 10.5 Å². The molecule has 1 aromatic carbocycles. The SMILES string of the molecule is O=C(O[C@@H]1C[C@H]2C[C@@H]1CN2C(=O)O)c1ccc([N+](=O)[O-])cc1. The minimum absolute atomic E-state index is 0.0306. The number of hydrogen-bond donors (Lipinski definition) is 1. The number of ether oxygens (including phenoxy) is 1. The third-order valence-electron chi connectivity index (χ3n) is 4.29. The highest BCUT2D eigenvalue weighted by Crippen LogP contribution is 2.39. The highest BCUT2D eigenvalue weighted by atomic mass is 16.6. The first-order valence-electron chi connectivity index (χ1n) is 6.90. The minimum Gasteiger partial charge on any atom is -0.465 e. The molecule has 8 heteroatoms. The van der Waals surface area contributed by atoms with E-state index in [1.54, 1.807) is 0 Å². The van der Waals surface area contributed by atoms with Crippen molar-refractivity contribution in [1.29, 1.82) is 0 Å². The minimum atomic E-state index is -0.937. The van der Waals surface area contributed by atoms with Crippen LogP contribution in [0, 0.1) is 16.0 Å². The van der Waals surface area contributed by atoms with Gasteiger partial charge in [0.15, 0.2) is 0 Å². The van der Waals surface area contributed by atoms with Crippen LogP contribution >= 0.6 is 0 Å². The number of carbonyl (C=O) groups excluding carboxylic acids is 1. The second kappa shape index (κ2) is 5.28. The van der Waals surface area contributed by atoms with Crippen molar-refractivity contribution in [3.8, 4) is 0 Å². The zero-order chi connectivity index (χ0) is 15.9. The summed E-state index contributed by atoms with van der Waals surface area (Å²) >= 11 is 0. The number of rotatable bonds is 3. The third kappa shape index (κ3) is 2.47. The van der Waals surface area contributed by atoms with Crippen LogP contribution in [0.2, 0.25) is 0 Å². The van der Waals surface area contributed by atoms with Crippen LogP contribution in [0.25, 0.3) is 0 Å². The van der Waals surface area contributed by atoms with Gasteiger partial charge >= 0.3 is 12.1 Å². The Balaban J connectivity index is 1.62. The molecule has 22 heavy (non-hydrogen) atoms. The molecule has 2 fully saturated rings. The molecule has 0 spiro atoms. The highest BCUT2D eigenvalue weighted by molar-refractivity contribution is 5.89. The van der Waals surface area contributed by atoms with Crippen molar-refractivity contribution >= 4 is 17.7 Å². The molecule has 1 aliphatic carbocycles.